The second-order valence-electron chi connectivity index (χ2n) is 4.10. The van der Waals surface area contributed by atoms with E-state index in [0.717, 1.165) is 12.1 Å². The number of ether oxygens (including phenoxy) is 1. The molecule has 1 atom stereocenters. The normalized spacial score (nSPS) is 21.6. The van der Waals surface area contributed by atoms with Crippen LogP contribution in [0.1, 0.15) is 12.5 Å². The van der Waals surface area contributed by atoms with Crippen LogP contribution in [0.5, 0.6) is 0 Å². The van der Waals surface area contributed by atoms with E-state index >= 15 is 0 Å². The molecule has 1 N–H and O–H groups in total. The fourth-order valence-corrected chi connectivity index (χ4v) is 1.95. The average molecular weight is 239 g/mol. The number of carboxylic acid groups (broad SMARTS) is 1. The molecule has 0 aliphatic carbocycles. The molecule has 2 rings (SSSR count). The first-order valence-electron chi connectivity index (χ1n) is 5.76. The molecule has 0 aromatic carbocycles. The Labute approximate surface area is 99.8 Å². The topological polar surface area (TPSA) is 67.6 Å². The maximum absolute atomic E-state index is 11.1. The first-order chi connectivity index (χ1) is 8.20. The number of morpholine rings is 1. The van der Waals surface area contributed by atoms with Crippen molar-refractivity contribution in [2.75, 3.05) is 19.8 Å². The fourth-order valence-electron chi connectivity index (χ4n) is 1.95. The Morgan fingerprint density at radius 3 is 3.18 bits per heavy atom. The summed E-state index contributed by atoms with van der Waals surface area (Å²) in [4.78, 5) is 13.0. The van der Waals surface area contributed by atoms with Crippen molar-refractivity contribution < 1.29 is 14.6 Å². The van der Waals surface area contributed by atoms with Gasteiger partial charge in [0.25, 0.3) is 0 Å². The fraction of sp³-hybridized carbons (Fsp3) is 0.636. The largest absolute Gasteiger partial charge is 0.480 e. The molecule has 1 aromatic rings. The van der Waals surface area contributed by atoms with Crippen molar-refractivity contribution in [3.05, 3.63) is 18.0 Å². The van der Waals surface area contributed by atoms with Crippen LogP contribution < -0.4 is 0 Å². The molecular formula is C11H17N3O3. The lowest BCUT2D eigenvalue weighted by Crippen LogP contribution is -2.49. The van der Waals surface area contributed by atoms with E-state index in [4.69, 9.17) is 9.84 Å². The van der Waals surface area contributed by atoms with Gasteiger partial charge in [0.05, 0.1) is 19.4 Å². The molecule has 0 amide bonds. The van der Waals surface area contributed by atoms with Crippen LogP contribution >= 0.6 is 0 Å². The van der Waals surface area contributed by atoms with Gasteiger partial charge >= 0.3 is 5.97 Å². The Morgan fingerprint density at radius 2 is 2.53 bits per heavy atom. The Morgan fingerprint density at radius 1 is 1.71 bits per heavy atom. The van der Waals surface area contributed by atoms with E-state index in [2.05, 4.69) is 5.10 Å². The lowest BCUT2D eigenvalue weighted by Gasteiger charge is -2.32. The quantitative estimate of drug-likeness (QED) is 0.812. The number of nitrogens with zero attached hydrogens (tertiary/aromatic N) is 3. The predicted molar refractivity (Wildman–Crippen MR) is 60.6 cm³/mol. The zero-order valence-corrected chi connectivity index (χ0v) is 9.87. The molecule has 0 radical (unpaired) electrons. The number of hydrogen-bond donors (Lipinski definition) is 1. The number of rotatable bonds is 4. The van der Waals surface area contributed by atoms with Crippen LogP contribution in [0.15, 0.2) is 12.4 Å². The van der Waals surface area contributed by atoms with Crippen LogP contribution in [0.25, 0.3) is 0 Å². The molecule has 1 saturated heterocycles. The van der Waals surface area contributed by atoms with E-state index in [-0.39, 0.29) is 6.61 Å². The van der Waals surface area contributed by atoms with Gasteiger partial charge in [-0.05, 0) is 6.92 Å². The van der Waals surface area contributed by atoms with E-state index < -0.39 is 12.0 Å². The molecule has 0 spiro atoms. The molecule has 0 saturated carbocycles. The Bertz CT molecular complexity index is 391. The van der Waals surface area contributed by atoms with Crippen LogP contribution in [0, 0.1) is 0 Å². The summed E-state index contributed by atoms with van der Waals surface area (Å²) in [7, 11) is 0. The molecule has 17 heavy (non-hydrogen) atoms. The number of aromatic nitrogens is 2. The van der Waals surface area contributed by atoms with E-state index in [9.17, 15) is 4.79 Å². The minimum atomic E-state index is -0.826. The second kappa shape index (κ2) is 5.29. The first kappa shape index (κ1) is 12.1. The number of carboxylic acids is 1. The van der Waals surface area contributed by atoms with Crippen molar-refractivity contribution in [2.24, 2.45) is 0 Å². The predicted octanol–water partition coefficient (Wildman–Crippen LogP) is 0.188. The molecule has 94 valence electrons. The van der Waals surface area contributed by atoms with Gasteiger partial charge in [0.1, 0.15) is 6.04 Å². The number of hydrogen-bond acceptors (Lipinski definition) is 4. The van der Waals surface area contributed by atoms with Gasteiger partial charge in [-0.25, -0.2) is 0 Å². The van der Waals surface area contributed by atoms with Crippen molar-refractivity contribution in [1.82, 2.24) is 14.7 Å². The summed E-state index contributed by atoms with van der Waals surface area (Å²) in [5.41, 5.74) is 1.04. The highest BCUT2D eigenvalue weighted by Crippen LogP contribution is 2.12. The van der Waals surface area contributed by atoms with Crippen LogP contribution in [0.2, 0.25) is 0 Å². The zero-order chi connectivity index (χ0) is 12.3. The molecular weight excluding hydrogens is 222 g/mol. The first-order valence-corrected chi connectivity index (χ1v) is 5.76. The lowest BCUT2D eigenvalue weighted by molar-refractivity contribution is -0.150. The smallest absolute Gasteiger partial charge is 0.323 e. The Kier molecular flexibility index (Phi) is 3.75. The summed E-state index contributed by atoms with van der Waals surface area (Å²) >= 11 is 0. The minimum absolute atomic E-state index is 0.261. The summed E-state index contributed by atoms with van der Waals surface area (Å²) in [5, 5.41) is 13.3. The SMILES string of the molecule is CCn1cc(CN2CCOCC2C(=O)O)cn1. The standard InChI is InChI=1S/C11H17N3O3/c1-2-14-7-9(5-12-14)6-13-3-4-17-8-10(13)11(15)16/h5,7,10H,2-4,6,8H2,1H3,(H,15,16). The second-order valence-corrected chi connectivity index (χ2v) is 4.10. The van der Waals surface area contributed by atoms with Crippen molar-refractivity contribution in [1.29, 1.82) is 0 Å². The Hall–Kier alpha value is -1.40. The van der Waals surface area contributed by atoms with Crippen LogP contribution in [0.4, 0.5) is 0 Å². The van der Waals surface area contributed by atoms with Gasteiger partial charge in [-0.15, -0.1) is 0 Å². The summed E-state index contributed by atoms with van der Waals surface area (Å²) in [6.07, 6.45) is 3.74. The highest BCUT2D eigenvalue weighted by Gasteiger charge is 2.29. The minimum Gasteiger partial charge on any atom is -0.480 e. The van der Waals surface area contributed by atoms with Gasteiger partial charge in [-0.1, -0.05) is 0 Å². The van der Waals surface area contributed by atoms with Gasteiger partial charge in [0.2, 0.25) is 0 Å². The van der Waals surface area contributed by atoms with Crippen molar-refractivity contribution in [3.8, 4) is 0 Å². The van der Waals surface area contributed by atoms with E-state index in [1.165, 1.54) is 0 Å². The molecule has 1 fully saturated rings. The van der Waals surface area contributed by atoms with Crippen LogP contribution in [0.3, 0.4) is 0 Å². The third-order valence-electron chi connectivity index (χ3n) is 2.92. The summed E-state index contributed by atoms with van der Waals surface area (Å²) in [6, 6.07) is -0.547. The third kappa shape index (κ3) is 2.83. The molecule has 1 aliphatic rings. The van der Waals surface area contributed by atoms with Crippen molar-refractivity contribution in [3.63, 3.8) is 0 Å². The van der Waals surface area contributed by atoms with Crippen LogP contribution in [-0.2, 0) is 22.6 Å². The molecule has 1 aromatic heterocycles. The summed E-state index contributed by atoms with van der Waals surface area (Å²) in [5.74, 6) is -0.826. The van der Waals surface area contributed by atoms with Crippen LogP contribution in [-0.4, -0.2) is 51.6 Å². The van der Waals surface area contributed by atoms with Gasteiger partial charge in [-0.3, -0.25) is 14.4 Å². The molecule has 1 unspecified atom stereocenters. The maximum atomic E-state index is 11.1. The average Bonchev–Trinajstić information content (AvgIpc) is 2.77. The monoisotopic (exact) mass is 239 g/mol. The maximum Gasteiger partial charge on any atom is 0.323 e. The van der Waals surface area contributed by atoms with Gasteiger partial charge in [-0.2, -0.15) is 5.10 Å². The summed E-state index contributed by atoms with van der Waals surface area (Å²) < 4.78 is 7.03. The van der Waals surface area contributed by atoms with E-state index in [0.29, 0.717) is 19.7 Å². The van der Waals surface area contributed by atoms with Crippen molar-refractivity contribution >= 4 is 5.97 Å². The third-order valence-corrected chi connectivity index (χ3v) is 2.92. The van der Waals surface area contributed by atoms with Gasteiger partial charge in [0, 0.05) is 31.4 Å². The molecule has 2 heterocycles. The van der Waals surface area contributed by atoms with Gasteiger partial charge in [0.15, 0.2) is 0 Å². The zero-order valence-electron chi connectivity index (χ0n) is 9.87. The molecule has 6 nitrogen and oxygen atoms in total. The highest BCUT2D eigenvalue weighted by molar-refractivity contribution is 5.73. The molecule has 1 aliphatic heterocycles. The Balaban J connectivity index is 2.02. The molecule has 0 bridgehead atoms. The van der Waals surface area contributed by atoms with Gasteiger partial charge < -0.3 is 9.84 Å². The number of aliphatic carboxylic acids is 1. The number of aryl methyl sites for hydroxylation is 1. The number of carbonyl (C=O) groups is 1. The summed E-state index contributed by atoms with van der Waals surface area (Å²) in [6.45, 7) is 4.95. The van der Waals surface area contributed by atoms with E-state index in [1.807, 2.05) is 22.7 Å². The lowest BCUT2D eigenvalue weighted by atomic mass is 10.2. The van der Waals surface area contributed by atoms with E-state index in [1.54, 1.807) is 6.20 Å². The highest BCUT2D eigenvalue weighted by atomic mass is 16.5. The molecule has 6 heteroatoms. The van der Waals surface area contributed by atoms with Crippen molar-refractivity contribution in [2.45, 2.75) is 26.1 Å².